The molecule has 1 aliphatic heterocycles. The Labute approximate surface area is 212 Å². The van der Waals surface area contributed by atoms with Gasteiger partial charge in [0.1, 0.15) is 23.3 Å². The van der Waals surface area contributed by atoms with Crippen LogP contribution in [-0.2, 0) is 4.79 Å². The van der Waals surface area contributed by atoms with E-state index in [2.05, 4.69) is 20.6 Å². The molecular formula is C24H28F2N8O3. The van der Waals surface area contributed by atoms with Crippen LogP contribution in [0.3, 0.4) is 0 Å². The van der Waals surface area contributed by atoms with Crippen LogP contribution >= 0.6 is 0 Å². The second kappa shape index (κ2) is 11.4. The Balaban J connectivity index is 1.51. The van der Waals surface area contributed by atoms with Crippen molar-refractivity contribution < 1.29 is 24.0 Å². The molecule has 1 amide bonds. The Bertz CT molecular complexity index is 1280. The Morgan fingerprint density at radius 1 is 1.08 bits per heavy atom. The van der Waals surface area contributed by atoms with Gasteiger partial charge in [0, 0.05) is 43.9 Å². The smallest absolute Gasteiger partial charge is 0.241 e. The topological polar surface area (TPSA) is 147 Å². The normalized spacial score (nSPS) is 15.1. The van der Waals surface area contributed by atoms with Gasteiger partial charge in [0.05, 0.1) is 17.9 Å². The number of piperazine rings is 1. The number of pyridine rings is 2. The number of quaternary nitrogens is 1. The van der Waals surface area contributed by atoms with Crippen LogP contribution in [0.15, 0.2) is 42.5 Å². The van der Waals surface area contributed by atoms with Crippen LogP contribution in [0.2, 0.25) is 0 Å². The van der Waals surface area contributed by atoms with Gasteiger partial charge in [-0.05, 0) is 36.9 Å². The van der Waals surface area contributed by atoms with Crippen LogP contribution in [0.25, 0.3) is 11.3 Å². The Kier molecular flexibility index (Phi) is 8.08. The Morgan fingerprint density at radius 3 is 2.41 bits per heavy atom. The Hall–Kier alpha value is -3.91. The highest BCUT2D eigenvalue weighted by Gasteiger charge is 2.27. The summed E-state index contributed by atoms with van der Waals surface area (Å²) in [4.78, 5) is 25.0. The van der Waals surface area contributed by atoms with E-state index in [4.69, 9.17) is 10.9 Å². The zero-order chi connectivity index (χ0) is 26.5. The standard InChI is InChI=1S/C24H28F2N8O3/c1-2-32-11-12-33(22(35)14-32)18-5-7-20(30-23(18)16-4-3-15(25)13-17(16)26)28-9-10-29-21-8-6-19(34(36)37)24(27)31-21/h3-8,13,34,36H,2,9-12,14H2,1H3,(H,28,30)(H3,27,29,31). The molecule has 0 aliphatic carbocycles. The fraction of sp³-hybridized carbons (Fsp3) is 0.292. The highest BCUT2D eigenvalue weighted by molar-refractivity contribution is 5.99. The molecule has 1 fully saturated rings. The van der Waals surface area contributed by atoms with E-state index in [1.165, 1.54) is 18.2 Å². The zero-order valence-electron chi connectivity index (χ0n) is 20.2. The number of rotatable bonds is 9. The van der Waals surface area contributed by atoms with Gasteiger partial charge in [0.25, 0.3) is 0 Å². The number of halogens is 2. The molecule has 1 unspecified atom stereocenters. The van der Waals surface area contributed by atoms with Crippen LogP contribution in [0.5, 0.6) is 0 Å². The van der Waals surface area contributed by atoms with Crippen molar-refractivity contribution in [2.45, 2.75) is 6.92 Å². The first kappa shape index (κ1) is 26.2. The van der Waals surface area contributed by atoms with Crippen molar-refractivity contribution in [3.8, 4) is 11.3 Å². The van der Waals surface area contributed by atoms with E-state index < -0.39 is 16.9 Å². The quantitative estimate of drug-likeness (QED) is 0.212. The molecule has 1 aromatic carbocycles. The van der Waals surface area contributed by atoms with Gasteiger partial charge in [-0.3, -0.25) is 9.69 Å². The fourth-order valence-electron chi connectivity index (χ4n) is 4.03. The maximum Gasteiger partial charge on any atom is 0.241 e. The molecule has 0 saturated carbocycles. The van der Waals surface area contributed by atoms with E-state index in [9.17, 15) is 18.8 Å². The van der Waals surface area contributed by atoms with E-state index in [-0.39, 0.29) is 35.2 Å². The third-order valence-corrected chi connectivity index (χ3v) is 5.99. The number of hydrogen-bond acceptors (Lipinski definition) is 9. The molecule has 196 valence electrons. The van der Waals surface area contributed by atoms with Gasteiger partial charge in [-0.15, -0.1) is 0 Å². The molecular weight excluding hydrogens is 486 g/mol. The van der Waals surface area contributed by atoms with Gasteiger partial charge in [-0.1, -0.05) is 6.92 Å². The SMILES string of the molecule is CCN1CCN(c2ccc(NCCNc3ccc([NH+]([O-])O)c(N)n3)nc2-c2ccc(F)cc2F)C(=O)C1. The summed E-state index contributed by atoms with van der Waals surface area (Å²) in [6, 6.07) is 9.52. The zero-order valence-corrected chi connectivity index (χ0v) is 20.2. The van der Waals surface area contributed by atoms with Crippen LogP contribution in [-0.4, -0.2) is 65.3 Å². The lowest BCUT2D eigenvalue weighted by molar-refractivity contribution is -0.990. The first-order valence-electron chi connectivity index (χ1n) is 11.7. The van der Waals surface area contributed by atoms with Crippen LogP contribution in [0.4, 0.5) is 37.6 Å². The van der Waals surface area contributed by atoms with Gasteiger partial charge in [0.15, 0.2) is 5.82 Å². The molecule has 1 saturated heterocycles. The van der Waals surface area contributed by atoms with E-state index in [0.717, 1.165) is 18.7 Å². The number of nitrogen functional groups attached to an aromatic ring is 1. The molecule has 4 rings (SSSR count). The summed E-state index contributed by atoms with van der Waals surface area (Å²) in [5.74, 6) is -0.863. The second-order valence-electron chi connectivity index (χ2n) is 8.39. The van der Waals surface area contributed by atoms with Gasteiger partial charge in [-0.2, -0.15) is 5.23 Å². The summed E-state index contributed by atoms with van der Waals surface area (Å²) in [7, 11) is 0. The van der Waals surface area contributed by atoms with Crippen molar-refractivity contribution in [1.29, 1.82) is 0 Å². The van der Waals surface area contributed by atoms with Crippen molar-refractivity contribution in [3.63, 3.8) is 0 Å². The number of nitrogens with zero attached hydrogens (tertiary/aromatic N) is 4. The van der Waals surface area contributed by atoms with Gasteiger partial charge in [-0.25, -0.2) is 24.0 Å². The molecule has 0 spiro atoms. The molecule has 3 aromatic rings. The molecule has 11 nitrogen and oxygen atoms in total. The second-order valence-corrected chi connectivity index (χ2v) is 8.39. The highest BCUT2D eigenvalue weighted by atomic mass is 19.1. The summed E-state index contributed by atoms with van der Waals surface area (Å²) in [6.07, 6.45) is 0. The molecule has 3 heterocycles. The van der Waals surface area contributed by atoms with E-state index in [0.29, 0.717) is 43.5 Å². The lowest BCUT2D eigenvalue weighted by atomic mass is 10.1. The minimum atomic E-state index is -1.16. The average molecular weight is 515 g/mol. The van der Waals surface area contributed by atoms with Crippen molar-refractivity contribution in [2.75, 3.05) is 60.5 Å². The maximum absolute atomic E-state index is 14.8. The minimum absolute atomic E-state index is 0.0805. The van der Waals surface area contributed by atoms with Crippen molar-refractivity contribution in [3.05, 3.63) is 59.3 Å². The molecule has 0 radical (unpaired) electrons. The lowest BCUT2D eigenvalue weighted by Crippen LogP contribution is -2.99. The predicted molar refractivity (Wildman–Crippen MR) is 135 cm³/mol. The summed E-state index contributed by atoms with van der Waals surface area (Å²) < 4.78 is 28.3. The minimum Gasteiger partial charge on any atom is -0.595 e. The summed E-state index contributed by atoms with van der Waals surface area (Å²) in [5.41, 5.74) is 6.36. The largest absolute Gasteiger partial charge is 0.595 e. The summed E-state index contributed by atoms with van der Waals surface area (Å²) in [6.45, 7) is 4.85. The highest BCUT2D eigenvalue weighted by Crippen LogP contribution is 2.33. The first-order chi connectivity index (χ1) is 17.8. The number of nitrogens with two attached hydrogens (primary N) is 1. The molecule has 2 aromatic heterocycles. The number of hydrogen-bond donors (Lipinski definition) is 5. The molecule has 13 heteroatoms. The van der Waals surface area contributed by atoms with Gasteiger partial charge in [0.2, 0.25) is 11.6 Å². The Morgan fingerprint density at radius 2 is 1.78 bits per heavy atom. The number of amides is 1. The molecule has 1 aliphatic rings. The number of benzene rings is 1. The average Bonchev–Trinajstić information content (AvgIpc) is 2.86. The first-order valence-corrected chi connectivity index (χ1v) is 11.7. The number of carbonyl (C=O) groups is 1. The number of carbonyl (C=O) groups excluding carboxylic acids is 1. The van der Waals surface area contributed by atoms with E-state index in [1.807, 2.05) is 11.8 Å². The van der Waals surface area contributed by atoms with Crippen molar-refractivity contribution in [1.82, 2.24) is 14.9 Å². The predicted octanol–water partition coefficient (Wildman–Crippen LogP) is 1.60. The molecule has 37 heavy (non-hydrogen) atoms. The van der Waals surface area contributed by atoms with Crippen LogP contribution in [0, 0.1) is 16.8 Å². The number of nitrogens with one attached hydrogen (secondary N) is 3. The third kappa shape index (κ3) is 6.09. The molecule has 0 bridgehead atoms. The third-order valence-electron chi connectivity index (χ3n) is 5.99. The fourth-order valence-corrected chi connectivity index (χ4v) is 4.03. The van der Waals surface area contributed by atoms with Crippen molar-refractivity contribution >= 4 is 34.7 Å². The van der Waals surface area contributed by atoms with Crippen LogP contribution in [0.1, 0.15) is 6.92 Å². The van der Waals surface area contributed by atoms with Crippen LogP contribution < -0.4 is 26.5 Å². The maximum atomic E-state index is 14.8. The van der Waals surface area contributed by atoms with Crippen molar-refractivity contribution in [2.24, 2.45) is 0 Å². The number of anilines is 4. The summed E-state index contributed by atoms with van der Waals surface area (Å²) >= 11 is 0. The summed E-state index contributed by atoms with van der Waals surface area (Å²) in [5, 5.41) is 25.1. The van der Waals surface area contributed by atoms with E-state index in [1.54, 1.807) is 17.0 Å². The van der Waals surface area contributed by atoms with E-state index >= 15 is 0 Å². The lowest BCUT2D eigenvalue weighted by Gasteiger charge is -2.34. The van der Waals surface area contributed by atoms with Gasteiger partial charge < -0.3 is 26.5 Å². The monoisotopic (exact) mass is 514 g/mol. The number of likely N-dealkylation sites (N-methyl/N-ethyl adjacent to an activating group) is 1. The molecule has 6 N–H and O–H groups in total. The number of aromatic nitrogens is 2. The van der Waals surface area contributed by atoms with Gasteiger partial charge >= 0.3 is 0 Å². The molecule has 1 atom stereocenters.